The van der Waals surface area contributed by atoms with Crippen molar-refractivity contribution in [1.29, 1.82) is 0 Å². The van der Waals surface area contributed by atoms with Gasteiger partial charge in [0.15, 0.2) is 11.9 Å². The van der Waals surface area contributed by atoms with Crippen LogP contribution in [-0.2, 0) is 0 Å². The van der Waals surface area contributed by atoms with E-state index in [-0.39, 0.29) is 88.3 Å². The van der Waals surface area contributed by atoms with Gasteiger partial charge in [-0.15, -0.1) is 24.8 Å². The number of benzene rings is 8. The van der Waals surface area contributed by atoms with Crippen LogP contribution < -0.4 is 22.5 Å². The molecule has 0 aliphatic carbocycles. The number of aryl methyl sites for hydroxylation is 4. The summed E-state index contributed by atoms with van der Waals surface area (Å²) in [4.78, 5) is 137. The molecule has 31 nitrogen and oxygen atoms in total. The van der Waals surface area contributed by atoms with E-state index in [0.717, 1.165) is 131 Å². The Morgan fingerprint density at radius 2 is 0.598 bits per heavy atom. The average molecular weight is 1910 g/mol. The van der Waals surface area contributed by atoms with Gasteiger partial charge in [0, 0.05) is 173 Å². The zero-order valence-corrected chi connectivity index (χ0v) is 78.4. The second-order valence-corrected chi connectivity index (χ2v) is 34.2. The largest absolute Gasteiger partial charge is 0.508 e. The van der Waals surface area contributed by atoms with Gasteiger partial charge in [0.25, 0.3) is 23.6 Å². The molecule has 8 aromatic carbocycles. The fourth-order valence-electron chi connectivity index (χ4n) is 16.5. The second-order valence-electron chi connectivity index (χ2n) is 33.4. The number of piperazine rings is 4. The number of nitrogens with zero attached hydrogens (tertiary/aromatic N) is 12. The predicted octanol–water partition coefficient (Wildman–Crippen LogP) is 12.0. The lowest BCUT2D eigenvalue weighted by atomic mass is 9.97. The molecule has 8 saturated heterocycles. The number of aliphatic hydroxyl groups is 1. The van der Waals surface area contributed by atoms with Gasteiger partial charge in [-0.1, -0.05) is 43.3 Å². The standard InChI is InChI=1S/C23H22N2O5.2C22H22N2O4.C12H16N2O2.C10H7BrO3.C6H12N4.C3H8O.2ClH/c1-14-17-7-8-19(27)18(13-26)21(17)30-23(29)20(14)15-3-5-16(6-4-15)22(28)25-11-9-24(2)10-12-25;2*1-14-18-8-7-17(25)13-19(18)28-22(27)20(14)15-3-5-16(6-4-15)21(26)24-11-9-23(2)10-12-24;1-13-6-8-14(9-7-13)12(16)10-2-4-11(15)5-3-10;1-5-7-3-2-6(12)4-8(7)14-10(13)9(5)11;1-7-2-9-4-8(1)5-10(3-7)6-9;1-2-3-4;;/h3-8,13,27H,9-12H2,1-2H3;2*3-8,13,25H,9-12H2,1-2H3;2-5,15H,6-9H2,1H3;2-4,12H,1H3;1-6H2;4H,2-3H2,1H3;2*1H. The van der Waals surface area contributed by atoms with Crippen molar-refractivity contribution < 1.29 is 72.3 Å². The smallest absolute Gasteiger partial charge is 0.350 e. The summed E-state index contributed by atoms with van der Waals surface area (Å²) in [5, 5.41) is 58.2. The summed E-state index contributed by atoms with van der Waals surface area (Å²) in [6, 6.07) is 44.7. The molecule has 4 bridgehead atoms. The maximum Gasteiger partial charge on any atom is 0.350 e. The Balaban J connectivity index is 0.000000156. The lowest BCUT2D eigenvalue weighted by Crippen LogP contribution is -2.71. The molecule has 12 aromatic rings. The number of halogens is 3. The second kappa shape index (κ2) is 45.3. The number of rotatable bonds is 9. The molecule has 4 amide bonds. The SMILES string of the molecule is C1N2CN3CN1CN(C2)C3.CCCO.CN1CCN(C(=O)c2ccc(O)cc2)CC1.Cc1c(-c2ccc(C(=O)N3CCN(C)CC3)cc2)c(=O)oc2c(C=O)c(O)ccc12.Cc1c(-c2ccc(C(=O)N3CCN(C)CC3)cc2)c(=O)oc2cc(O)ccc12.Cc1c(-c2ccc(C(=O)N3CCN(C)CC3)cc2)c(=O)oc2cc(O)ccc12.Cc1c(Br)c(=O)oc2cc(O)ccc12.Cl.Cl. The average Bonchev–Trinajstić information content (AvgIpc) is 0.750. The highest BCUT2D eigenvalue weighted by Gasteiger charge is 2.37. The maximum atomic E-state index is 12.7. The number of carbonyl (C=O) groups is 5. The molecule has 0 atom stereocenters. The van der Waals surface area contributed by atoms with Gasteiger partial charge in [0.05, 0.1) is 62.3 Å². The summed E-state index contributed by atoms with van der Waals surface area (Å²) in [7, 11) is 8.20. The van der Waals surface area contributed by atoms with Gasteiger partial charge in [-0.05, 0) is 226 Å². The lowest BCUT2D eigenvalue weighted by Gasteiger charge is -2.56. The number of fused-ring (bicyclic) bond motifs is 4. The fourth-order valence-corrected chi connectivity index (χ4v) is 16.8. The van der Waals surface area contributed by atoms with Crippen molar-refractivity contribution in [2.24, 2.45) is 0 Å². The number of aromatic hydroxyl groups is 5. The minimum Gasteiger partial charge on any atom is -0.508 e. The Hall–Kier alpha value is -12.2. The molecule has 20 rings (SSSR count). The van der Waals surface area contributed by atoms with Crippen molar-refractivity contribution in [1.82, 2.24) is 58.8 Å². The summed E-state index contributed by atoms with van der Waals surface area (Å²) in [6.07, 6.45) is 1.35. The number of hydrogen-bond acceptors (Lipinski definition) is 27. The molecule has 698 valence electrons. The summed E-state index contributed by atoms with van der Waals surface area (Å²) in [5.74, 6) is 0.187. The van der Waals surface area contributed by atoms with Crippen LogP contribution in [0.15, 0.2) is 205 Å². The van der Waals surface area contributed by atoms with E-state index >= 15 is 0 Å². The van der Waals surface area contributed by atoms with Crippen LogP contribution in [0.4, 0.5) is 0 Å². The zero-order valence-electron chi connectivity index (χ0n) is 75.2. The summed E-state index contributed by atoms with van der Waals surface area (Å²) >= 11 is 3.15. The monoisotopic (exact) mass is 1910 g/mol. The van der Waals surface area contributed by atoms with E-state index in [9.17, 15) is 63.6 Å². The van der Waals surface area contributed by atoms with E-state index in [1.807, 2.05) is 54.3 Å². The highest BCUT2D eigenvalue weighted by Crippen LogP contribution is 2.35. The Morgan fingerprint density at radius 3 is 0.886 bits per heavy atom. The van der Waals surface area contributed by atoms with Crippen LogP contribution >= 0.6 is 40.7 Å². The van der Waals surface area contributed by atoms with Gasteiger partial charge < -0.3 is 87.5 Å². The third-order valence-electron chi connectivity index (χ3n) is 24.0. The number of likely N-dealkylation sites (N-methyl/N-ethyl adjacent to an activating group) is 4. The first-order valence-corrected chi connectivity index (χ1v) is 43.9. The molecule has 132 heavy (non-hydrogen) atoms. The normalized spacial score (nSPS) is 17.6. The van der Waals surface area contributed by atoms with E-state index < -0.39 is 22.5 Å². The lowest BCUT2D eigenvalue weighted by molar-refractivity contribution is -0.194. The first kappa shape index (κ1) is 100. The molecule has 0 saturated carbocycles. The summed E-state index contributed by atoms with van der Waals surface area (Å²) < 4.78 is 21.6. The molecule has 0 spiro atoms. The Bertz CT molecular complexity index is 6130. The summed E-state index contributed by atoms with van der Waals surface area (Å²) in [6.45, 7) is 29.5. The molecule has 12 heterocycles. The van der Waals surface area contributed by atoms with Crippen LogP contribution in [-0.4, -0.2) is 299 Å². The van der Waals surface area contributed by atoms with Crippen molar-refractivity contribution in [2.45, 2.75) is 41.0 Å². The molecular formula is C98H111BrCl2N12O19. The van der Waals surface area contributed by atoms with E-state index in [1.165, 1.54) is 64.3 Å². The van der Waals surface area contributed by atoms with Crippen molar-refractivity contribution >= 4 is 115 Å². The highest BCUT2D eigenvalue weighted by molar-refractivity contribution is 9.10. The van der Waals surface area contributed by atoms with Gasteiger partial charge in [-0.25, -0.2) is 19.2 Å². The van der Waals surface area contributed by atoms with Gasteiger partial charge in [0.1, 0.15) is 50.0 Å². The van der Waals surface area contributed by atoms with Gasteiger partial charge in [-0.3, -0.25) is 43.6 Å². The van der Waals surface area contributed by atoms with Crippen LogP contribution in [0.1, 0.15) is 87.4 Å². The third kappa shape index (κ3) is 24.0. The van der Waals surface area contributed by atoms with Crippen LogP contribution in [0.3, 0.4) is 0 Å². The van der Waals surface area contributed by atoms with E-state index in [0.29, 0.717) is 114 Å². The molecule has 6 N–H and O–H groups in total. The number of amides is 4. The van der Waals surface area contributed by atoms with E-state index in [1.54, 1.807) is 146 Å². The first-order chi connectivity index (χ1) is 62.3. The summed E-state index contributed by atoms with van der Waals surface area (Å²) in [5.41, 5.74) is 7.96. The quantitative estimate of drug-likeness (QED) is 0.0577. The molecule has 0 radical (unpaired) electrons. The minimum atomic E-state index is -0.605. The van der Waals surface area contributed by atoms with Crippen molar-refractivity contribution in [3.8, 4) is 62.1 Å². The van der Waals surface area contributed by atoms with Crippen molar-refractivity contribution in [3.05, 3.63) is 260 Å². The number of aliphatic hydroxyl groups excluding tert-OH is 1. The Kier molecular flexibility index (Phi) is 34.5. The molecule has 0 unspecified atom stereocenters. The highest BCUT2D eigenvalue weighted by atomic mass is 79.9. The Labute approximate surface area is 783 Å². The van der Waals surface area contributed by atoms with Crippen LogP contribution in [0.5, 0.6) is 28.7 Å². The number of phenols is 5. The number of aldehydes is 1. The van der Waals surface area contributed by atoms with Crippen molar-refractivity contribution in [3.63, 3.8) is 0 Å². The topological polar surface area (TPSA) is 366 Å². The van der Waals surface area contributed by atoms with E-state index in [4.69, 9.17) is 27.9 Å². The van der Waals surface area contributed by atoms with Gasteiger partial charge >= 0.3 is 22.5 Å². The first-order valence-electron chi connectivity index (χ1n) is 43.1. The zero-order chi connectivity index (χ0) is 92.9. The number of phenolic OH excluding ortho intramolecular Hbond substituents is 5. The molecular weight excluding hydrogens is 1800 g/mol. The number of carbonyl (C=O) groups excluding carboxylic acids is 5. The molecule has 8 fully saturated rings. The molecule has 34 heteroatoms. The molecule has 4 aromatic heterocycles. The van der Waals surface area contributed by atoms with Crippen molar-refractivity contribution in [2.75, 3.05) is 180 Å². The van der Waals surface area contributed by atoms with E-state index in [2.05, 4.69) is 76.3 Å². The molecule has 8 aliphatic heterocycles. The minimum absolute atomic E-state index is 0. The van der Waals surface area contributed by atoms with Crippen LogP contribution in [0.25, 0.3) is 77.3 Å². The fraction of sp³-hybridized carbons (Fsp3) is 0.337. The van der Waals surface area contributed by atoms with Crippen LogP contribution in [0, 0.1) is 27.7 Å². The molecule has 8 aliphatic rings. The Morgan fingerprint density at radius 1 is 0.348 bits per heavy atom. The van der Waals surface area contributed by atoms with Gasteiger partial charge in [-0.2, -0.15) is 0 Å². The van der Waals surface area contributed by atoms with Gasteiger partial charge in [0.2, 0.25) is 0 Å². The maximum absolute atomic E-state index is 12.7. The van der Waals surface area contributed by atoms with Crippen LogP contribution in [0.2, 0.25) is 0 Å². The number of hydrogen-bond donors (Lipinski definition) is 6. The third-order valence-corrected chi connectivity index (χ3v) is 24.9. The predicted molar refractivity (Wildman–Crippen MR) is 515 cm³/mol.